The Kier molecular flexibility index (Phi) is 3.95. The molecule has 0 spiro atoms. The molecule has 0 saturated heterocycles. The highest BCUT2D eigenvalue weighted by Gasteiger charge is 1.79. The van der Waals surface area contributed by atoms with Gasteiger partial charge in [0, 0.05) is 11.1 Å². The van der Waals surface area contributed by atoms with Crippen LogP contribution in [0.1, 0.15) is 0 Å². The summed E-state index contributed by atoms with van der Waals surface area (Å²) in [4.78, 5) is 9.76. The van der Waals surface area contributed by atoms with E-state index in [2.05, 4.69) is 0 Å². The van der Waals surface area contributed by atoms with Crippen molar-refractivity contribution in [3.63, 3.8) is 0 Å². The van der Waals surface area contributed by atoms with Crippen molar-refractivity contribution < 1.29 is 18.3 Å². The minimum Gasteiger partial charge on any atom is -0.478 e. The van der Waals surface area contributed by atoms with E-state index < -0.39 is 16.3 Å². The fraction of sp³-hybridized carbons (Fsp3) is 0. The van der Waals surface area contributed by atoms with Crippen molar-refractivity contribution in [2.45, 2.75) is 0 Å². The summed E-state index contributed by atoms with van der Waals surface area (Å²) >= 11 is 0. The normalized spacial score (nSPS) is 8.80. The Bertz CT molecular complexity index is 295. The van der Waals surface area contributed by atoms with Crippen LogP contribution in [0.25, 0.3) is 0 Å². The van der Waals surface area contributed by atoms with Gasteiger partial charge in [-0.05, 0) is 12.2 Å². The minimum atomic E-state index is -2.38. The van der Waals surface area contributed by atoms with Crippen molar-refractivity contribution in [3.8, 4) is 0 Å². The third kappa shape index (κ3) is 6.68. The molecule has 0 saturated carbocycles. The summed E-state index contributed by atoms with van der Waals surface area (Å²) < 4.78 is 19.4. The second kappa shape index (κ2) is 4.55. The Morgan fingerprint density at radius 1 is 1.50 bits per heavy atom. The highest BCUT2D eigenvalue weighted by molar-refractivity contribution is 7.70. The Balaban J connectivity index is 4.25. The van der Waals surface area contributed by atoms with E-state index >= 15 is 0 Å². The molecule has 0 rings (SSSR count). The molecule has 0 fully saturated rings. The third-order valence-electron chi connectivity index (χ3n) is 0.499. The third-order valence-corrected chi connectivity index (χ3v) is 0.828. The number of allylic oxidation sites excluding steroid dienone is 2. The maximum absolute atomic E-state index is 9.76. The first-order valence-corrected chi connectivity index (χ1v) is 3.28. The molecule has 0 radical (unpaired) electrons. The number of carbonyl (C=O) groups is 1. The zero-order valence-electron chi connectivity index (χ0n) is 4.81. The fourth-order valence-electron chi connectivity index (χ4n) is 0.225. The summed E-state index contributed by atoms with van der Waals surface area (Å²) in [5.74, 6) is -1.13. The molecule has 0 unspecified atom stereocenters. The van der Waals surface area contributed by atoms with Crippen molar-refractivity contribution in [1.29, 1.82) is 0 Å². The Morgan fingerprint density at radius 2 is 2.10 bits per heavy atom. The molecule has 4 nitrogen and oxygen atoms in total. The van der Waals surface area contributed by atoms with Crippen molar-refractivity contribution in [2.75, 3.05) is 0 Å². The molecule has 54 valence electrons. The van der Waals surface area contributed by atoms with Gasteiger partial charge in [-0.2, -0.15) is 8.42 Å². The van der Waals surface area contributed by atoms with E-state index in [1.54, 1.807) is 0 Å². The molecule has 0 aromatic rings. The van der Waals surface area contributed by atoms with Crippen LogP contribution < -0.4 is 0 Å². The maximum Gasteiger partial charge on any atom is 0.328 e. The highest BCUT2D eigenvalue weighted by Crippen LogP contribution is 1.70. The van der Waals surface area contributed by atoms with Gasteiger partial charge in [-0.25, -0.2) is 4.79 Å². The van der Waals surface area contributed by atoms with Crippen LogP contribution in [-0.4, -0.2) is 24.5 Å². The zero-order chi connectivity index (χ0) is 7.98. The molecule has 5 heteroatoms. The number of rotatable bonds is 2. The summed E-state index contributed by atoms with van der Waals surface area (Å²) in [6.07, 6.45) is 2.87. The van der Waals surface area contributed by atoms with E-state index in [-0.39, 0.29) is 0 Å². The Hall–Kier alpha value is -1.32. The lowest BCUT2D eigenvalue weighted by molar-refractivity contribution is -0.131. The zero-order valence-corrected chi connectivity index (χ0v) is 5.63. The molecule has 1 N–H and O–H groups in total. The van der Waals surface area contributed by atoms with Crippen molar-refractivity contribution in [1.82, 2.24) is 0 Å². The molecule has 0 aliphatic rings. The molecule has 0 aliphatic heterocycles. The highest BCUT2D eigenvalue weighted by atomic mass is 32.2. The lowest BCUT2D eigenvalue weighted by Gasteiger charge is -1.70. The van der Waals surface area contributed by atoms with Crippen LogP contribution in [-0.2, 0) is 15.1 Å². The van der Waals surface area contributed by atoms with Crippen molar-refractivity contribution in [2.24, 2.45) is 0 Å². The van der Waals surface area contributed by atoms with Crippen LogP contribution in [0.15, 0.2) is 18.2 Å². The summed E-state index contributed by atoms with van der Waals surface area (Å²) in [5.41, 5.74) is 0. The summed E-state index contributed by atoms with van der Waals surface area (Å²) in [6.45, 7) is 0. The van der Waals surface area contributed by atoms with Gasteiger partial charge < -0.3 is 5.11 Å². The quantitative estimate of drug-likeness (QED) is 0.334. The molecular weight excluding hydrogens is 156 g/mol. The molecule has 0 bridgehead atoms. The summed E-state index contributed by atoms with van der Waals surface area (Å²) in [5, 5.41) is 9.83. The van der Waals surface area contributed by atoms with Gasteiger partial charge in [0.25, 0.3) is 10.3 Å². The van der Waals surface area contributed by atoms with E-state index in [1.807, 2.05) is 5.02 Å². The molecule has 10 heavy (non-hydrogen) atoms. The Labute approximate surface area is 58.6 Å². The molecule has 0 aromatic carbocycles. The fourth-order valence-corrected chi connectivity index (χ4v) is 0.415. The average molecular weight is 160 g/mol. The molecule has 0 atom stereocenters. The topological polar surface area (TPSA) is 71.4 Å². The lowest BCUT2D eigenvalue weighted by atomic mass is 10.5. The standard InChI is InChI=1S/C5H4O4S/c6-5(7)3-1-2-4-10(8)9/h1-3H,(H,6,7). The number of aliphatic carboxylic acids is 1. The number of carboxylic acid groups (broad SMARTS) is 1. The van der Waals surface area contributed by atoms with E-state index in [9.17, 15) is 13.2 Å². The van der Waals surface area contributed by atoms with Crippen LogP contribution in [0.2, 0.25) is 0 Å². The first kappa shape index (κ1) is 8.68. The van der Waals surface area contributed by atoms with Crippen LogP contribution >= 0.6 is 0 Å². The SMILES string of the molecule is O=C(O)C=CC=C=S(=O)=O. The minimum absolute atomic E-state index is 0.805. The maximum atomic E-state index is 9.76. The summed E-state index contributed by atoms with van der Waals surface area (Å²) in [6, 6.07) is 0. The largest absolute Gasteiger partial charge is 0.478 e. The first-order valence-electron chi connectivity index (χ1n) is 2.21. The number of hydrogen-bond acceptors (Lipinski definition) is 3. The second-order valence-corrected chi connectivity index (χ2v) is 1.92. The Morgan fingerprint density at radius 3 is 2.50 bits per heavy atom. The molecule has 0 aliphatic carbocycles. The average Bonchev–Trinajstić information content (AvgIpc) is 1.79. The van der Waals surface area contributed by atoms with Gasteiger partial charge in [0.1, 0.15) is 0 Å². The van der Waals surface area contributed by atoms with Crippen LogP contribution in [0, 0.1) is 0 Å². The monoisotopic (exact) mass is 160 g/mol. The lowest BCUT2D eigenvalue weighted by Crippen LogP contribution is -1.84. The van der Waals surface area contributed by atoms with Crippen LogP contribution in [0.4, 0.5) is 0 Å². The van der Waals surface area contributed by atoms with Crippen molar-refractivity contribution >= 4 is 21.3 Å². The van der Waals surface area contributed by atoms with Gasteiger partial charge in [-0.15, -0.1) is 0 Å². The molecule has 0 aromatic heterocycles. The van der Waals surface area contributed by atoms with Gasteiger partial charge in [0.2, 0.25) is 0 Å². The molecule has 0 heterocycles. The van der Waals surface area contributed by atoms with Crippen LogP contribution in [0.3, 0.4) is 0 Å². The number of hydrogen-bond donors (Lipinski definition) is 1. The van der Waals surface area contributed by atoms with Gasteiger partial charge in [-0.3, -0.25) is 0 Å². The van der Waals surface area contributed by atoms with Crippen LogP contribution in [0.5, 0.6) is 0 Å². The first-order chi connectivity index (χ1) is 4.63. The van der Waals surface area contributed by atoms with E-state index in [4.69, 9.17) is 5.11 Å². The predicted octanol–water partition coefficient (Wildman–Crippen LogP) is -0.536. The molecular formula is C5H4O4S. The molecule has 0 amide bonds. The second-order valence-electron chi connectivity index (χ2n) is 1.22. The van der Waals surface area contributed by atoms with E-state index in [0.29, 0.717) is 0 Å². The van der Waals surface area contributed by atoms with E-state index in [0.717, 1.165) is 18.2 Å². The van der Waals surface area contributed by atoms with Gasteiger partial charge >= 0.3 is 5.97 Å². The van der Waals surface area contributed by atoms with Crippen molar-refractivity contribution in [3.05, 3.63) is 18.2 Å². The number of carboxylic acids is 1. The predicted molar refractivity (Wildman–Crippen MR) is 35.3 cm³/mol. The van der Waals surface area contributed by atoms with Gasteiger partial charge in [0.05, 0.1) is 0 Å². The van der Waals surface area contributed by atoms with E-state index in [1.165, 1.54) is 0 Å². The van der Waals surface area contributed by atoms with Gasteiger partial charge in [0.15, 0.2) is 0 Å². The summed E-state index contributed by atoms with van der Waals surface area (Å²) in [7, 11) is -2.38. The smallest absolute Gasteiger partial charge is 0.328 e. The van der Waals surface area contributed by atoms with Gasteiger partial charge in [-0.1, -0.05) is 0 Å².